The first-order valence-electron chi connectivity index (χ1n) is 10.8. The molecule has 1 saturated heterocycles. The van der Waals surface area contributed by atoms with E-state index in [9.17, 15) is 0 Å². The summed E-state index contributed by atoms with van der Waals surface area (Å²) in [6, 6.07) is 12.3. The number of morpholine rings is 1. The van der Waals surface area contributed by atoms with E-state index in [-0.39, 0.29) is 0 Å². The molecule has 1 heterocycles. The maximum atomic E-state index is 6.56. The monoisotopic (exact) mass is 432 g/mol. The van der Waals surface area contributed by atoms with Crippen LogP contribution in [0.5, 0.6) is 11.5 Å². The van der Waals surface area contributed by atoms with Gasteiger partial charge in [0.15, 0.2) is 11.5 Å². The number of hydrogen-bond donors (Lipinski definition) is 1. The topological polar surface area (TPSA) is 43.0 Å². The molecule has 0 saturated carbocycles. The molecule has 30 heavy (non-hydrogen) atoms. The molecule has 3 rings (SSSR count). The summed E-state index contributed by atoms with van der Waals surface area (Å²) in [6.45, 7) is 11.7. The van der Waals surface area contributed by atoms with Crippen LogP contribution in [0.1, 0.15) is 30.0 Å². The number of aryl methyl sites for hydroxylation is 1. The molecule has 1 aliphatic rings. The van der Waals surface area contributed by atoms with Crippen LogP contribution in [0.25, 0.3) is 0 Å². The Balaban J connectivity index is 1.52. The fourth-order valence-corrected chi connectivity index (χ4v) is 3.86. The Morgan fingerprint density at radius 1 is 1.10 bits per heavy atom. The van der Waals surface area contributed by atoms with E-state index in [1.165, 1.54) is 5.56 Å². The summed E-state index contributed by atoms with van der Waals surface area (Å²) in [7, 11) is 0. The van der Waals surface area contributed by atoms with Gasteiger partial charge in [0.1, 0.15) is 6.61 Å². The predicted molar refractivity (Wildman–Crippen MR) is 122 cm³/mol. The van der Waals surface area contributed by atoms with Gasteiger partial charge in [-0.25, -0.2) is 0 Å². The Morgan fingerprint density at radius 3 is 2.70 bits per heavy atom. The summed E-state index contributed by atoms with van der Waals surface area (Å²) in [6.07, 6.45) is 1.11. The zero-order valence-corrected chi connectivity index (χ0v) is 18.8. The smallest absolute Gasteiger partial charge is 0.180 e. The number of hydrogen-bond acceptors (Lipinski definition) is 5. The lowest BCUT2D eigenvalue weighted by molar-refractivity contribution is 0.0374. The molecule has 1 fully saturated rings. The van der Waals surface area contributed by atoms with Crippen molar-refractivity contribution in [3.05, 3.63) is 58.1 Å². The first-order chi connectivity index (χ1) is 14.7. The minimum atomic E-state index is 0.459. The zero-order valence-electron chi connectivity index (χ0n) is 18.1. The van der Waals surface area contributed by atoms with Gasteiger partial charge in [0.2, 0.25) is 0 Å². The van der Waals surface area contributed by atoms with Gasteiger partial charge in [-0.1, -0.05) is 41.4 Å². The highest BCUT2D eigenvalue weighted by Crippen LogP contribution is 2.37. The molecule has 2 aromatic carbocycles. The molecule has 0 spiro atoms. The number of halogens is 1. The van der Waals surface area contributed by atoms with Gasteiger partial charge < -0.3 is 19.5 Å². The minimum absolute atomic E-state index is 0.459. The predicted octanol–water partition coefficient (Wildman–Crippen LogP) is 4.44. The van der Waals surface area contributed by atoms with E-state index < -0.39 is 0 Å². The van der Waals surface area contributed by atoms with Crippen molar-refractivity contribution in [2.45, 2.75) is 33.4 Å². The zero-order chi connectivity index (χ0) is 21.2. The summed E-state index contributed by atoms with van der Waals surface area (Å²) < 4.78 is 17.2. The summed E-state index contributed by atoms with van der Waals surface area (Å²) >= 11 is 6.56. The average Bonchev–Trinajstić information content (AvgIpc) is 2.74. The second kappa shape index (κ2) is 12.2. The first-order valence-corrected chi connectivity index (χ1v) is 11.2. The molecule has 6 heteroatoms. The molecule has 2 aromatic rings. The van der Waals surface area contributed by atoms with Crippen molar-refractivity contribution in [2.24, 2.45) is 0 Å². The van der Waals surface area contributed by atoms with E-state index >= 15 is 0 Å². The summed E-state index contributed by atoms with van der Waals surface area (Å²) in [5.74, 6) is 1.30. The highest BCUT2D eigenvalue weighted by atomic mass is 35.5. The number of nitrogens with one attached hydrogen (secondary N) is 1. The Morgan fingerprint density at radius 2 is 1.93 bits per heavy atom. The normalized spacial score (nSPS) is 14.6. The third kappa shape index (κ3) is 7.17. The Hall–Kier alpha value is -1.79. The molecule has 1 N–H and O–H groups in total. The number of nitrogens with zero attached hydrogens (tertiary/aromatic N) is 1. The van der Waals surface area contributed by atoms with Gasteiger partial charge in [-0.05, 0) is 56.6 Å². The van der Waals surface area contributed by atoms with Crippen LogP contribution in [0.15, 0.2) is 36.4 Å². The molecule has 0 unspecified atom stereocenters. The Bertz CT molecular complexity index is 794. The molecule has 0 aliphatic carbocycles. The molecular formula is C24H33ClN2O3. The lowest BCUT2D eigenvalue weighted by atomic mass is 10.1. The van der Waals surface area contributed by atoms with Crippen LogP contribution in [0.2, 0.25) is 5.02 Å². The van der Waals surface area contributed by atoms with Gasteiger partial charge in [-0.3, -0.25) is 4.90 Å². The minimum Gasteiger partial charge on any atom is -0.490 e. The van der Waals surface area contributed by atoms with Crippen LogP contribution in [0.4, 0.5) is 0 Å². The van der Waals surface area contributed by atoms with E-state index in [1.54, 1.807) is 0 Å². The van der Waals surface area contributed by atoms with Crippen molar-refractivity contribution in [1.82, 2.24) is 10.2 Å². The summed E-state index contributed by atoms with van der Waals surface area (Å²) in [5.41, 5.74) is 3.42. The van der Waals surface area contributed by atoms with Crippen molar-refractivity contribution in [3.8, 4) is 11.5 Å². The number of ether oxygens (including phenoxy) is 3. The van der Waals surface area contributed by atoms with Crippen LogP contribution >= 0.6 is 11.6 Å². The van der Waals surface area contributed by atoms with Crippen molar-refractivity contribution < 1.29 is 14.2 Å². The fourth-order valence-electron chi connectivity index (χ4n) is 3.57. The maximum Gasteiger partial charge on any atom is 0.180 e. The quantitative estimate of drug-likeness (QED) is 0.532. The number of benzene rings is 2. The van der Waals surface area contributed by atoms with Crippen molar-refractivity contribution in [3.63, 3.8) is 0 Å². The van der Waals surface area contributed by atoms with Gasteiger partial charge in [0, 0.05) is 19.6 Å². The van der Waals surface area contributed by atoms with Gasteiger partial charge >= 0.3 is 0 Å². The average molecular weight is 433 g/mol. The van der Waals surface area contributed by atoms with Crippen molar-refractivity contribution in [2.75, 3.05) is 46.0 Å². The van der Waals surface area contributed by atoms with E-state index in [2.05, 4.69) is 35.3 Å². The van der Waals surface area contributed by atoms with E-state index in [1.807, 2.05) is 25.1 Å². The highest BCUT2D eigenvalue weighted by molar-refractivity contribution is 6.32. The highest BCUT2D eigenvalue weighted by Gasteiger charge is 2.13. The van der Waals surface area contributed by atoms with Crippen LogP contribution in [0.3, 0.4) is 0 Å². The van der Waals surface area contributed by atoms with Crippen molar-refractivity contribution >= 4 is 11.6 Å². The molecular weight excluding hydrogens is 400 g/mol. The second-order valence-electron chi connectivity index (χ2n) is 7.60. The lowest BCUT2D eigenvalue weighted by Gasteiger charge is -2.26. The standard InChI is InChI=1S/C24H33ClN2O3/c1-3-29-23-16-21(17-26-8-5-9-27-10-12-28-13-11-27)15-22(25)24(23)30-18-20-7-4-6-19(2)14-20/h4,6-7,14-16,26H,3,5,8-13,17-18H2,1-2H3. The van der Waals surface area contributed by atoms with Crippen molar-refractivity contribution in [1.29, 1.82) is 0 Å². The van der Waals surface area contributed by atoms with Crippen LogP contribution in [0, 0.1) is 6.92 Å². The third-order valence-corrected chi connectivity index (χ3v) is 5.38. The van der Waals surface area contributed by atoms with Gasteiger partial charge in [0.05, 0.1) is 24.8 Å². The Labute approximate surface area is 185 Å². The van der Waals surface area contributed by atoms with Crippen LogP contribution < -0.4 is 14.8 Å². The Kier molecular flexibility index (Phi) is 9.27. The molecule has 0 radical (unpaired) electrons. The number of rotatable bonds is 11. The van der Waals surface area contributed by atoms with E-state index in [0.29, 0.717) is 29.7 Å². The second-order valence-corrected chi connectivity index (χ2v) is 8.01. The molecule has 164 valence electrons. The van der Waals surface area contributed by atoms with Gasteiger partial charge in [-0.2, -0.15) is 0 Å². The lowest BCUT2D eigenvalue weighted by Crippen LogP contribution is -2.37. The molecule has 0 bridgehead atoms. The molecule has 0 atom stereocenters. The molecule has 0 aromatic heterocycles. The van der Waals surface area contributed by atoms with Gasteiger partial charge in [0.25, 0.3) is 0 Å². The largest absolute Gasteiger partial charge is 0.490 e. The van der Waals surface area contributed by atoms with E-state index in [0.717, 1.165) is 63.5 Å². The SMILES string of the molecule is CCOc1cc(CNCCCN2CCOCC2)cc(Cl)c1OCc1cccc(C)c1. The third-order valence-electron chi connectivity index (χ3n) is 5.10. The van der Waals surface area contributed by atoms with E-state index in [4.69, 9.17) is 25.8 Å². The van der Waals surface area contributed by atoms with Crippen LogP contribution in [-0.2, 0) is 17.9 Å². The summed E-state index contributed by atoms with van der Waals surface area (Å²) in [4.78, 5) is 2.45. The van der Waals surface area contributed by atoms with Gasteiger partial charge in [-0.15, -0.1) is 0 Å². The first kappa shape index (κ1) is 22.9. The molecule has 1 aliphatic heterocycles. The molecule has 0 amide bonds. The van der Waals surface area contributed by atoms with Crippen LogP contribution in [-0.4, -0.2) is 50.9 Å². The maximum absolute atomic E-state index is 6.56. The summed E-state index contributed by atoms with van der Waals surface area (Å²) in [5, 5.41) is 4.09. The molecule has 5 nitrogen and oxygen atoms in total. The fraction of sp³-hybridized carbons (Fsp3) is 0.500.